The molecule has 0 atom stereocenters. The highest BCUT2D eigenvalue weighted by atomic mass is 15.0. The minimum atomic E-state index is 0.648. The third-order valence-electron chi connectivity index (χ3n) is 7.57. The van der Waals surface area contributed by atoms with E-state index in [1.54, 1.807) is 0 Å². The van der Waals surface area contributed by atoms with Crippen LogP contribution in [-0.4, -0.2) is 21.5 Å². The summed E-state index contributed by atoms with van der Waals surface area (Å²) >= 11 is 0. The lowest BCUT2D eigenvalue weighted by Crippen LogP contribution is -2.17. The zero-order chi connectivity index (χ0) is 28.1. The normalized spacial score (nSPS) is 12.8. The summed E-state index contributed by atoms with van der Waals surface area (Å²) in [7, 11) is 0. The van der Waals surface area contributed by atoms with Gasteiger partial charge in [-0.05, 0) is 58.9 Å². The number of nitrogens with zero attached hydrogens (tertiary/aromatic N) is 3. The van der Waals surface area contributed by atoms with Crippen molar-refractivity contribution in [1.29, 1.82) is 0 Å². The SMILES string of the molecule is C1=C(c2ccc(-c3cc(-c4ccccc4)cc(-c4nc(-c5ccccc5)nc(-c5ccccc5)n4)c3)cc2)NCCC1. The van der Waals surface area contributed by atoms with Crippen LogP contribution in [0.3, 0.4) is 0 Å². The molecule has 2 heterocycles. The molecule has 7 rings (SSSR count). The van der Waals surface area contributed by atoms with Crippen LogP contribution in [0.4, 0.5) is 0 Å². The molecular weight excluding hydrogens is 512 g/mol. The molecule has 1 aromatic heterocycles. The number of allylic oxidation sites excluding steroid dienone is 1. The van der Waals surface area contributed by atoms with E-state index < -0.39 is 0 Å². The Hall–Kier alpha value is -5.35. The molecule has 0 amide bonds. The fraction of sp³-hybridized carbons (Fsp3) is 0.0789. The predicted octanol–water partition coefficient (Wildman–Crippen LogP) is 8.93. The maximum absolute atomic E-state index is 5.01. The first-order chi connectivity index (χ1) is 20.8. The molecule has 0 spiro atoms. The number of benzene rings is 5. The summed E-state index contributed by atoms with van der Waals surface area (Å²) in [6.07, 6.45) is 4.60. The monoisotopic (exact) mass is 542 g/mol. The van der Waals surface area contributed by atoms with Crippen molar-refractivity contribution in [2.75, 3.05) is 6.54 Å². The molecule has 0 fully saturated rings. The summed E-state index contributed by atoms with van der Waals surface area (Å²) in [6.45, 7) is 1.03. The quantitative estimate of drug-likeness (QED) is 0.228. The highest BCUT2D eigenvalue weighted by Gasteiger charge is 2.15. The molecule has 0 bridgehead atoms. The highest BCUT2D eigenvalue weighted by molar-refractivity contribution is 5.81. The zero-order valence-electron chi connectivity index (χ0n) is 23.2. The molecule has 6 aromatic rings. The predicted molar refractivity (Wildman–Crippen MR) is 172 cm³/mol. The van der Waals surface area contributed by atoms with Crippen molar-refractivity contribution in [2.24, 2.45) is 0 Å². The molecule has 0 unspecified atom stereocenters. The lowest BCUT2D eigenvalue weighted by Gasteiger charge is -2.16. The van der Waals surface area contributed by atoms with Gasteiger partial charge in [-0.15, -0.1) is 0 Å². The Labute approximate surface area is 246 Å². The van der Waals surface area contributed by atoms with Crippen molar-refractivity contribution in [3.05, 3.63) is 145 Å². The van der Waals surface area contributed by atoms with Crippen molar-refractivity contribution in [3.8, 4) is 56.4 Å². The molecule has 0 aliphatic carbocycles. The van der Waals surface area contributed by atoms with Crippen LogP contribution in [0.15, 0.2) is 140 Å². The molecule has 42 heavy (non-hydrogen) atoms. The lowest BCUT2D eigenvalue weighted by atomic mass is 9.95. The Morgan fingerprint density at radius 1 is 0.405 bits per heavy atom. The minimum absolute atomic E-state index is 0.648. The van der Waals surface area contributed by atoms with Gasteiger partial charge in [-0.3, -0.25) is 0 Å². The maximum atomic E-state index is 5.01. The maximum Gasteiger partial charge on any atom is 0.164 e. The second-order valence-electron chi connectivity index (χ2n) is 10.5. The van der Waals surface area contributed by atoms with Crippen LogP contribution < -0.4 is 5.32 Å². The van der Waals surface area contributed by atoms with Gasteiger partial charge >= 0.3 is 0 Å². The second kappa shape index (κ2) is 11.6. The van der Waals surface area contributed by atoms with E-state index in [1.807, 2.05) is 66.7 Å². The fourth-order valence-electron chi connectivity index (χ4n) is 5.36. The van der Waals surface area contributed by atoms with E-state index in [0.717, 1.165) is 51.9 Å². The standard InChI is InChI=1S/C38H30N4/c1-4-12-27(13-5-1)32-24-33(28-19-21-29(22-20-28)35-18-10-11-23-39-35)26-34(25-32)38-41-36(30-14-6-2-7-15-30)40-37(42-38)31-16-8-3-9-17-31/h1-9,12-22,24-26,39H,10-11,23H2. The summed E-state index contributed by atoms with van der Waals surface area (Å²) in [5, 5.41) is 3.53. The molecule has 5 aromatic carbocycles. The van der Waals surface area contributed by atoms with Crippen molar-refractivity contribution in [3.63, 3.8) is 0 Å². The Bertz CT molecular complexity index is 1790. The average Bonchev–Trinajstić information content (AvgIpc) is 3.09. The van der Waals surface area contributed by atoms with Gasteiger partial charge in [0.2, 0.25) is 0 Å². The van der Waals surface area contributed by atoms with Crippen LogP contribution in [0.25, 0.3) is 62.1 Å². The molecule has 1 aliphatic rings. The number of aromatic nitrogens is 3. The Balaban J connectivity index is 1.38. The van der Waals surface area contributed by atoms with Gasteiger partial charge in [0, 0.05) is 28.9 Å². The Kier molecular flexibility index (Phi) is 7.09. The smallest absolute Gasteiger partial charge is 0.164 e. The Morgan fingerprint density at radius 2 is 0.833 bits per heavy atom. The largest absolute Gasteiger partial charge is 0.385 e. The first-order valence-corrected chi connectivity index (χ1v) is 14.4. The van der Waals surface area contributed by atoms with E-state index in [4.69, 9.17) is 15.0 Å². The van der Waals surface area contributed by atoms with Crippen LogP contribution in [-0.2, 0) is 0 Å². The van der Waals surface area contributed by atoms with Gasteiger partial charge in [0.1, 0.15) is 0 Å². The van der Waals surface area contributed by atoms with Crippen molar-refractivity contribution in [2.45, 2.75) is 12.8 Å². The molecule has 4 nitrogen and oxygen atoms in total. The van der Waals surface area contributed by atoms with E-state index in [1.165, 1.54) is 17.7 Å². The van der Waals surface area contributed by atoms with Crippen LogP contribution in [0.5, 0.6) is 0 Å². The van der Waals surface area contributed by atoms with Crippen molar-refractivity contribution in [1.82, 2.24) is 20.3 Å². The first-order valence-electron chi connectivity index (χ1n) is 14.4. The molecule has 0 radical (unpaired) electrons. The summed E-state index contributed by atoms with van der Waals surface area (Å²) in [5.74, 6) is 1.96. The molecule has 4 heteroatoms. The Morgan fingerprint density at radius 3 is 1.33 bits per heavy atom. The van der Waals surface area contributed by atoms with Crippen molar-refractivity contribution < 1.29 is 0 Å². The van der Waals surface area contributed by atoms with Gasteiger partial charge in [0.25, 0.3) is 0 Å². The van der Waals surface area contributed by atoms with Crippen LogP contribution in [0.2, 0.25) is 0 Å². The van der Waals surface area contributed by atoms with E-state index in [-0.39, 0.29) is 0 Å². The van der Waals surface area contributed by atoms with E-state index in [2.05, 4.69) is 78.1 Å². The van der Waals surface area contributed by atoms with Crippen molar-refractivity contribution >= 4 is 5.70 Å². The molecule has 1 N–H and O–H groups in total. The summed E-state index contributed by atoms with van der Waals surface area (Å²) in [6, 6.07) is 46.2. The van der Waals surface area contributed by atoms with Crippen LogP contribution in [0, 0.1) is 0 Å². The van der Waals surface area contributed by atoms with Gasteiger partial charge < -0.3 is 5.32 Å². The van der Waals surface area contributed by atoms with Gasteiger partial charge in [-0.2, -0.15) is 0 Å². The number of hydrogen-bond acceptors (Lipinski definition) is 4. The summed E-state index contributed by atoms with van der Waals surface area (Å²) in [5.41, 5.74) is 9.83. The fourth-order valence-corrected chi connectivity index (χ4v) is 5.36. The topological polar surface area (TPSA) is 50.7 Å². The summed E-state index contributed by atoms with van der Waals surface area (Å²) in [4.78, 5) is 14.9. The lowest BCUT2D eigenvalue weighted by molar-refractivity contribution is 0.743. The number of hydrogen-bond donors (Lipinski definition) is 1. The summed E-state index contributed by atoms with van der Waals surface area (Å²) < 4.78 is 0. The van der Waals surface area contributed by atoms with Crippen LogP contribution in [0.1, 0.15) is 18.4 Å². The highest BCUT2D eigenvalue weighted by Crippen LogP contribution is 2.34. The third-order valence-corrected chi connectivity index (χ3v) is 7.57. The number of rotatable bonds is 6. The van der Waals surface area contributed by atoms with Gasteiger partial charge in [-0.1, -0.05) is 121 Å². The second-order valence-corrected chi connectivity index (χ2v) is 10.5. The van der Waals surface area contributed by atoms with E-state index in [9.17, 15) is 0 Å². The average molecular weight is 543 g/mol. The molecule has 0 saturated carbocycles. The molecule has 202 valence electrons. The van der Waals surface area contributed by atoms with E-state index >= 15 is 0 Å². The van der Waals surface area contributed by atoms with Gasteiger partial charge in [0.05, 0.1) is 0 Å². The minimum Gasteiger partial charge on any atom is -0.385 e. The van der Waals surface area contributed by atoms with Crippen LogP contribution >= 0.6 is 0 Å². The van der Waals surface area contributed by atoms with Gasteiger partial charge in [0.15, 0.2) is 17.5 Å². The zero-order valence-corrected chi connectivity index (χ0v) is 23.2. The first kappa shape index (κ1) is 25.6. The van der Waals surface area contributed by atoms with E-state index in [0.29, 0.717) is 17.5 Å². The molecular formula is C38H30N4. The molecule has 1 aliphatic heterocycles. The van der Waals surface area contributed by atoms with Gasteiger partial charge in [-0.25, -0.2) is 15.0 Å². The molecule has 0 saturated heterocycles. The third kappa shape index (κ3) is 5.48. The number of nitrogens with one attached hydrogen (secondary N) is 1.